The summed E-state index contributed by atoms with van der Waals surface area (Å²) in [6, 6.07) is 0. The van der Waals surface area contributed by atoms with Crippen LogP contribution in [0.25, 0.3) is 0 Å². The van der Waals surface area contributed by atoms with Crippen LogP contribution in [0.3, 0.4) is 0 Å². The Hall–Kier alpha value is -0.850. The van der Waals surface area contributed by atoms with E-state index < -0.39 is 0 Å². The molecule has 0 radical (unpaired) electrons. The fourth-order valence-electron chi connectivity index (χ4n) is 1.40. The van der Waals surface area contributed by atoms with Crippen molar-refractivity contribution < 1.29 is 4.79 Å². The third-order valence-corrected chi connectivity index (χ3v) is 2.11. The van der Waals surface area contributed by atoms with Crippen molar-refractivity contribution in [3.63, 3.8) is 0 Å². The minimum atomic E-state index is 0.264. The Morgan fingerprint density at radius 1 is 1.20 bits per heavy atom. The Morgan fingerprint density at radius 3 is 2.27 bits per heavy atom. The molecule has 0 aromatic heterocycles. The number of ketones is 1. The van der Waals surface area contributed by atoms with Gasteiger partial charge in [-0.1, -0.05) is 31.1 Å². The maximum absolute atomic E-state index is 11.5. The fourth-order valence-corrected chi connectivity index (χ4v) is 1.40. The van der Waals surface area contributed by atoms with E-state index in [2.05, 4.69) is 33.8 Å². The summed E-state index contributed by atoms with van der Waals surface area (Å²) in [6.07, 6.45) is 6.72. The summed E-state index contributed by atoms with van der Waals surface area (Å²) < 4.78 is 0. The predicted octanol–water partition coefficient (Wildman–Crippen LogP) is 4.29. The van der Waals surface area contributed by atoms with E-state index in [0.29, 0.717) is 12.3 Å². The lowest BCUT2D eigenvalue weighted by molar-refractivity contribution is -0.115. The van der Waals surface area contributed by atoms with Gasteiger partial charge in [-0.3, -0.25) is 4.79 Å². The molecule has 0 amide bonds. The van der Waals surface area contributed by atoms with Gasteiger partial charge >= 0.3 is 0 Å². The predicted molar refractivity (Wildman–Crippen MR) is 66.9 cm³/mol. The molecule has 1 heteroatoms. The van der Waals surface area contributed by atoms with E-state index in [1.54, 1.807) is 6.08 Å². The summed E-state index contributed by atoms with van der Waals surface area (Å²) in [4.78, 5) is 11.5. The number of allylic oxidation sites excluding steroid dienone is 4. The Bertz CT molecular complexity index is 253. The minimum Gasteiger partial charge on any atom is -0.295 e. The van der Waals surface area contributed by atoms with Gasteiger partial charge in [0.15, 0.2) is 5.78 Å². The second-order valence-electron chi connectivity index (χ2n) is 4.88. The molecule has 0 rings (SSSR count). The van der Waals surface area contributed by atoms with E-state index in [1.165, 1.54) is 11.1 Å². The Labute approximate surface area is 94.3 Å². The third kappa shape index (κ3) is 9.45. The quantitative estimate of drug-likeness (QED) is 0.470. The number of hydrogen-bond donors (Lipinski definition) is 0. The van der Waals surface area contributed by atoms with Gasteiger partial charge in [-0.15, -0.1) is 0 Å². The lowest BCUT2D eigenvalue weighted by Crippen LogP contribution is -1.99. The van der Waals surface area contributed by atoms with Crippen molar-refractivity contribution in [3.8, 4) is 0 Å². The smallest absolute Gasteiger partial charge is 0.155 e. The number of rotatable bonds is 6. The first kappa shape index (κ1) is 14.2. The Morgan fingerprint density at radius 2 is 1.80 bits per heavy atom. The highest BCUT2D eigenvalue weighted by Gasteiger charge is 2.01. The number of hydrogen-bond acceptors (Lipinski definition) is 1. The van der Waals surface area contributed by atoms with Gasteiger partial charge in [0.2, 0.25) is 0 Å². The van der Waals surface area contributed by atoms with Crippen LogP contribution in [-0.2, 0) is 4.79 Å². The fraction of sp³-hybridized carbons (Fsp3) is 0.643. The second-order valence-corrected chi connectivity index (χ2v) is 4.88. The summed E-state index contributed by atoms with van der Waals surface area (Å²) >= 11 is 0. The van der Waals surface area contributed by atoms with E-state index >= 15 is 0 Å². The van der Waals surface area contributed by atoms with Gasteiger partial charge in [0.1, 0.15) is 0 Å². The van der Waals surface area contributed by atoms with E-state index in [0.717, 1.165) is 12.8 Å². The molecule has 0 saturated heterocycles. The van der Waals surface area contributed by atoms with Crippen molar-refractivity contribution in [1.29, 1.82) is 0 Å². The number of carbonyl (C=O) groups excluding carboxylic acids is 1. The summed E-state index contributed by atoms with van der Waals surface area (Å²) in [5, 5.41) is 0. The van der Waals surface area contributed by atoms with Crippen molar-refractivity contribution in [1.82, 2.24) is 0 Å². The molecule has 0 aliphatic carbocycles. The van der Waals surface area contributed by atoms with Crippen molar-refractivity contribution in [2.45, 2.75) is 53.9 Å². The molecular formula is C14H24O. The van der Waals surface area contributed by atoms with Crippen molar-refractivity contribution in [2.24, 2.45) is 5.92 Å². The molecule has 0 bridgehead atoms. The molecular weight excluding hydrogens is 184 g/mol. The molecule has 1 nitrogen and oxygen atoms in total. The van der Waals surface area contributed by atoms with Gasteiger partial charge in [-0.2, -0.15) is 0 Å². The molecule has 0 saturated carbocycles. The first-order valence-electron chi connectivity index (χ1n) is 5.75. The molecule has 0 atom stereocenters. The lowest BCUT2D eigenvalue weighted by Gasteiger charge is -2.01. The van der Waals surface area contributed by atoms with Crippen LogP contribution in [0.2, 0.25) is 0 Å². The van der Waals surface area contributed by atoms with E-state index in [1.807, 2.05) is 6.92 Å². The Kier molecular flexibility index (Phi) is 7.02. The van der Waals surface area contributed by atoms with Gasteiger partial charge in [0.05, 0.1) is 0 Å². The second kappa shape index (κ2) is 7.44. The standard InChI is InChI=1S/C14H24O/c1-11(2)7-6-8-13(5)10-14(15)9-12(3)4/h7,10,12H,6,8-9H2,1-5H3. The number of carbonyl (C=O) groups is 1. The van der Waals surface area contributed by atoms with Crippen LogP contribution in [0.1, 0.15) is 53.9 Å². The molecule has 0 aromatic carbocycles. The lowest BCUT2D eigenvalue weighted by atomic mass is 10.0. The van der Waals surface area contributed by atoms with Crippen LogP contribution < -0.4 is 0 Å². The van der Waals surface area contributed by atoms with Crippen LogP contribution in [0.4, 0.5) is 0 Å². The first-order chi connectivity index (χ1) is 6.91. The summed E-state index contributed by atoms with van der Waals surface area (Å²) in [7, 11) is 0. The molecule has 0 aliphatic heterocycles. The zero-order valence-electron chi connectivity index (χ0n) is 10.8. The molecule has 15 heavy (non-hydrogen) atoms. The topological polar surface area (TPSA) is 17.1 Å². The molecule has 0 aliphatic rings. The largest absolute Gasteiger partial charge is 0.295 e. The van der Waals surface area contributed by atoms with Gasteiger partial charge in [0.25, 0.3) is 0 Å². The molecule has 0 spiro atoms. The van der Waals surface area contributed by atoms with Gasteiger partial charge in [-0.05, 0) is 45.6 Å². The van der Waals surface area contributed by atoms with Crippen molar-refractivity contribution in [2.75, 3.05) is 0 Å². The van der Waals surface area contributed by atoms with Gasteiger partial charge in [-0.25, -0.2) is 0 Å². The molecule has 0 aromatic rings. The molecule has 0 fully saturated rings. The van der Waals surface area contributed by atoms with Crippen LogP contribution in [0.15, 0.2) is 23.3 Å². The summed E-state index contributed by atoms with van der Waals surface area (Å²) in [6.45, 7) is 10.4. The van der Waals surface area contributed by atoms with E-state index in [4.69, 9.17) is 0 Å². The maximum atomic E-state index is 11.5. The van der Waals surface area contributed by atoms with Crippen LogP contribution in [0.5, 0.6) is 0 Å². The highest BCUT2D eigenvalue weighted by Crippen LogP contribution is 2.09. The SMILES string of the molecule is CC(C)=CCCC(C)=CC(=O)CC(C)C. The average molecular weight is 208 g/mol. The van der Waals surface area contributed by atoms with Crippen LogP contribution in [-0.4, -0.2) is 5.78 Å². The highest BCUT2D eigenvalue weighted by atomic mass is 16.1. The molecule has 86 valence electrons. The first-order valence-corrected chi connectivity index (χ1v) is 5.75. The molecule has 0 N–H and O–H groups in total. The van der Waals surface area contributed by atoms with Gasteiger partial charge in [0, 0.05) is 6.42 Å². The monoisotopic (exact) mass is 208 g/mol. The average Bonchev–Trinajstić information content (AvgIpc) is 2.00. The highest BCUT2D eigenvalue weighted by molar-refractivity contribution is 5.90. The zero-order chi connectivity index (χ0) is 11.8. The van der Waals surface area contributed by atoms with Gasteiger partial charge < -0.3 is 0 Å². The third-order valence-electron chi connectivity index (χ3n) is 2.11. The normalized spacial score (nSPS) is 11.7. The van der Waals surface area contributed by atoms with Crippen molar-refractivity contribution >= 4 is 5.78 Å². The zero-order valence-corrected chi connectivity index (χ0v) is 10.8. The summed E-state index contributed by atoms with van der Waals surface area (Å²) in [5.74, 6) is 0.721. The van der Waals surface area contributed by atoms with Crippen LogP contribution in [0, 0.1) is 5.92 Å². The van der Waals surface area contributed by atoms with E-state index in [9.17, 15) is 4.79 Å². The molecule has 0 heterocycles. The Balaban J connectivity index is 3.98. The minimum absolute atomic E-state index is 0.264. The molecule has 0 unspecified atom stereocenters. The summed E-state index contributed by atoms with van der Waals surface area (Å²) in [5.41, 5.74) is 2.54. The van der Waals surface area contributed by atoms with Crippen LogP contribution >= 0.6 is 0 Å². The van der Waals surface area contributed by atoms with Crippen molar-refractivity contribution in [3.05, 3.63) is 23.3 Å². The van der Waals surface area contributed by atoms with E-state index in [-0.39, 0.29) is 5.78 Å². The maximum Gasteiger partial charge on any atom is 0.155 e.